The van der Waals surface area contributed by atoms with Crippen molar-refractivity contribution in [1.82, 2.24) is 4.98 Å². The molecule has 1 nitrogen and oxygen atoms in total. The lowest BCUT2D eigenvalue weighted by molar-refractivity contribution is 1.05. The van der Waals surface area contributed by atoms with Crippen molar-refractivity contribution in [2.24, 2.45) is 0 Å². The van der Waals surface area contributed by atoms with E-state index in [-0.39, 0.29) is 0 Å². The van der Waals surface area contributed by atoms with Crippen LogP contribution in [-0.2, 0) is 0 Å². The molecule has 0 aromatic carbocycles. The number of hydrogen-bond donors (Lipinski definition) is 0. The molecule has 1 heterocycles. The van der Waals surface area contributed by atoms with Crippen molar-refractivity contribution in [2.75, 3.05) is 5.75 Å². The number of rotatable bonds is 2. The first-order valence-corrected chi connectivity index (χ1v) is 4.72. The SMILES string of the molecule is C#CCSc1cc(C)cc(C)n1. The van der Waals surface area contributed by atoms with Gasteiger partial charge in [-0.15, -0.1) is 6.42 Å². The third-order valence-electron chi connectivity index (χ3n) is 1.38. The maximum Gasteiger partial charge on any atom is 0.0974 e. The molecule has 62 valence electrons. The Kier molecular flexibility index (Phi) is 3.19. The van der Waals surface area contributed by atoms with Gasteiger partial charge in [-0.25, -0.2) is 4.98 Å². The Bertz CT molecular complexity index is 292. The van der Waals surface area contributed by atoms with Gasteiger partial charge in [-0.3, -0.25) is 0 Å². The molecule has 0 radical (unpaired) electrons. The van der Waals surface area contributed by atoms with E-state index < -0.39 is 0 Å². The van der Waals surface area contributed by atoms with Gasteiger partial charge in [0.05, 0.1) is 10.8 Å². The molecule has 1 rings (SSSR count). The summed E-state index contributed by atoms with van der Waals surface area (Å²) in [5, 5.41) is 1.02. The highest BCUT2D eigenvalue weighted by molar-refractivity contribution is 7.99. The molecule has 0 aliphatic carbocycles. The molecule has 0 bridgehead atoms. The van der Waals surface area contributed by atoms with E-state index in [0.717, 1.165) is 10.7 Å². The van der Waals surface area contributed by atoms with Crippen molar-refractivity contribution >= 4 is 11.8 Å². The van der Waals surface area contributed by atoms with E-state index in [9.17, 15) is 0 Å². The van der Waals surface area contributed by atoms with Crippen molar-refractivity contribution in [2.45, 2.75) is 18.9 Å². The smallest absolute Gasteiger partial charge is 0.0974 e. The van der Waals surface area contributed by atoms with E-state index in [1.54, 1.807) is 11.8 Å². The van der Waals surface area contributed by atoms with Crippen molar-refractivity contribution in [3.63, 3.8) is 0 Å². The first-order valence-electron chi connectivity index (χ1n) is 3.74. The highest BCUT2D eigenvalue weighted by Gasteiger charge is 1.96. The molecule has 0 saturated heterocycles. The minimum Gasteiger partial charge on any atom is -0.247 e. The van der Waals surface area contributed by atoms with Crippen LogP contribution in [0, 0.1) is 26.2 Å². The largest absolute Gasteiger partial charge is 0.247 e. The molecule has 0 spiro atoms. The summed E-state index contributed by atoms with van der Waals surface area (Å²) in [5.74, 6) is 3.27. The van der Waals surface area contributed by atoms with Crippen LogP contribution in [0.4, 0.5) is 0 Å². The Hall–Kier alpha value is -0.940. The number of hydrogen-bond acceptors (Lipinski definition) is 2. The highest BCUT2D eigenvalue weighted by Crippen LogP contribution is 2.16. The van der Waals surface area contributed by atoms with E-state index >= 15 is 0 Å². The second kappa shape index (κ2) is 4.18. The molecule has 0 amide bonds. The minimum absolute atomic E-state index is 0.690. The molecular weight excluding hydrogens is 166 g/mol. The molecule has 0 N–H and O–H groups in total. The van der Waals surface area contributed by atoms with Crippen molar-refractivity contribution in [1.29, 1.82) is 0 Å². The molecule has 0 unspecified atom stereocenters. The number of aromatic nitrogens is 1. The monoisotopic (exact) mass is 177 g/mol. The summed E-state index contributed by atoms with van der Waals surface area (Å²) in [6.45, 7) is 4.06. The van der Waals surface area contributed by atoms with Crippen molar-refractivity contribution in [3.8, 4) is 12.3 Å². The van der Waals surface area contributed by atoms with Gasteiger partial charge in [0.25, 0.3) is 0 Å². The third-order valence-corrected chi connectivity index (χ3v) is 2.19. The van der Waals surface area contributed by atoms with Gasteiger partial charge in [-0.1, -0.05) is 17.7 Å². The second-order valence-electron chi connectivity index (χ2n) is 2.62. The Labute approximate surface area is 77.6 Å². The van der Waals surface area contributed by atoms with E-state index in [4.69, 9.17) is 6.42 Å². The number of aryl methyl sites for hydroxylation is 2. The molecule has 0 aliphatic heterocycles. The van der Waals surface area contributed by atoms with Crippen LogP contribution in [-0.4, -0.2) is 10.7 Å². The van der Waals surface area contributed by atoms with Crippen molar-refractivity contribution < 1.29 is 0 Å². The van der Waals surface area contributed by atoms with Gasteiger partial charge in [0.1, 0.15) is 0 Å². The lowest BCUT2D eigenvalue weighted by Crippen LogP contribution is -1.86. The van der Waals surface area contributed by atoms with Crippen molar-refractivity contribution in [3.05, 3.63) is 23.4 Å². The standard InChI is InChI=1S/C10H11NS/c1-4-5-12-10-7-8(2)6-9(3)11-10/h1,6-7H,5H2,2-3H3. The zero-order valence-electron chi connectivity index (χ0n) is 7.29. The average molecular weight is 177 g/mol. The summed E-state index contributed by atoms with van der Waals surface area (Å²) in [6.07, 6.45) is 5.15. The molecule has 2 heteroatoms. The number of nitrogens with zero attached hydrogens (tertiary/aromatic N) is 1. The Morgan fingerprint density at radius 1 is 1.50 bits per heavy atom. The summed E-state index contributed by atoms with van der Waals surface area (Å²) in [5.41, 5.74) is 2.29. The minimum atomic E-state index is 0.690. The predicted molar refractivity (Wildman–Crippen MR) is 53.3 cm³/mol. The van der Waals surface area contributed by atoms with Gasteiger partial charge in [-0.2, -0.15) is 0 Å². The molecule has 0 atom stereocenters. The van der Waals surface area contributed by atoms with Gasteiger partial charge < -0.3 is 0 Å². The number of thioether (sulfide) groups is 1. The molecule has 0 saturated carbocycles. The average Bonchev–Trinajstić information content (AvgIpc) is 1.99. The van der Waals surface area contributed by atoms with E-state index in [0.29, 0.717) is 5.75 Å². The number of terminal acetylenes is 1. The maximum absolute atomic E-state index is 5.15. The van der Waals surface area contributed by atoms with Crippen LogP contribution >= 0.6 is 11.8 Å². The Morgan fingerprint density at radius 3 is 2.83 bits per heavy atom. The molecular formula is C10H11NS. The molecule has 1 aromatic rings. The third kappa shape index (κ3) is 2.60. The first-order chi connectivity index (χ1) is 5.72. The van der Waals surface area contributed by atoms with Gasteiger partial charge in [-0.05, 0) is 31.5 Å². The summed E-state index contributed by atoms with van der Waals surface area (Å²) in [4.78, 5) is 4.34. The lowest BCUT2D eigenvalue weighted by Gasteiger charge is -2.00. The normalized spacial score (nSPS) is 9.42. The summed E-state index contributed by atoms with van der Waals surface area (Å²) in [6, 6.07) is 4.11. The van der Waals surface area contributed by atoms with Gasteiger partial charge in [0.15, 0.2) is 0 Å². The zero-order chi connectivity index (χ0) is 8.97. The van der Waals surface area contributed by atoms with Crippen LogP contribution < -0.4 is 0 Å². The van der Waals surface area contributed by atoms with Gasteiger partial charge in [0, 0.05) is 5.69 Å². The van der Waals surface area contributed by atoms with E-state index in [2.05, 4.69) is 30.0 Å². The quantitative estimate of drug-likeness (QED) is 0.508. The summed E-state index contributed by atoms with van der Waals surface area (Å²) < 4.78 is 0. The molecule has 0 fully saturated rings. The van der Waals surface area contributed by atoms with Crippen LogP contribution in [0.3, 0.4) is 0 Å². The van der Waals surface area contributed by atoms with Crippen LogP contribution in [0.1, 0.15) is 11.3 Å². The molecule has 12 heavy (non-hydrogen) atoms. The predicted octanol–water partition coefficient (Wildman–Crippen LogP) is 2.42. The van der Waals surface area contributed by atoms with Gasteiger partial charge in [0.2, 0.25) is 0 Å². The fourth-order valence-corrected chi connectivity index (χ4v) is 1.70. The maximum atomic E-state index is 5.15. The molecule has 0 aliphatic rings. The van der Waals surface area contributed by atoms with Crippen LogP contribution in [0.2, 0.25) is 0 Å². The fourth-order valence-electron chi connectivity index (χ4n) is 0.994. The van der Waals surface area contributed by atoms with Crippen LogP contribution in [0.15, 0.2) is 17.2 Å². The summed E-state index contributed by atoms with van der Waals surface area (Å²) >= 11 is 1.60. The second-order valence-corrected chi connectivity index (χ2v) is 3.61. The Balaban J connectivity index is 2.80. The Morgan fingerprint density at radius 2 is 2.25 bits per heavy atom. The highest BCUT2D eigenvalue weighted by atomic mass is 32.2. The summed E-state index contributed by atoms with van der Waals surface area (Å²) in [7, 11) is 0. The van der Waals surface area contributed by atoms with E-state index in [1.165, 1.54) is 5.56 Å². The van der Waals surface area contributed by atoms with E-state index in [1.807, 2.05) is 6.92 Å². The topological polar surface area (TPSA) is 12.9 Å². The van der Waals surface area contributed by atoms with Crippen LogP contribution in [0.25, 0.3) is 0 Å². The first kappa shape index (κ1) is 9.15. The number of pyridine rings is 1. The fraction of sp³-hybridized carbons (Fsp3) is 0.300. The lowest BCUT2D eigenvalue weighted by atomic mass is 10.3. The molecule has 1 aromatic heterocycles. The van der Waals surface area contributed by atoms with Crippen LogP contribution in [0.5, 0.6) is 0 Å². The zero-order valence-corrected chi connectivity index (χ0v) is 8.11. The van der Waals surface area contributed by atoms with Gasteiger partial charge >= 0.3 is 0 Å².